The average Bonchev–Trinajstić information content (AvgIpc) is 2.37. The quantitative estimate of drug-likeness (QED) is 0.671. The van der Waals surface area contributed by atoms with Crippen LogP contribution in [0.15, 0.2) is 0 Å². The Morgan fingerprint density at radius 1 is 0.792 bits per heavy atom. The first-order chi connectivity index (χ1) is 11.0. The molecule has 0 rings (SSSR count). The highest BCUT2D eigenvalue weighted by molar-refractivity contribution is 5.88. The fraction of sp³-hybridized carbons (Fsp3) is 0.875. The summed E-state index contributed by atoms with van der Waals surface area (Å²) in [6.07, 6.45) is -1.56. The van der Waals surface area contributed by atoms with Crippen molar-refractivity contribution in [3.05, 3.63) is 0 Å². The number of ether oxygens (including phenoxy) is 4. The second-order valence-electron chi connectivity index (χ2n) is 7.06. The van der Waals surface area contributed by atoms with Crippen molar-refractivity contribution in [3.8, 4) is 0 Å². The van der Waals surface area contributed by atoms with E-state index in [9.17, 15) is 9.59 Å². The number of amides is 2. The molecule has 8 heteroatoms. The molecule has 0 spiro atoms. The van der Waals surface area contributed by atoms with Gasteiger partial charge in [0, 0.05) is 0 Å². The topological polar surface area (TPSA) is 94.5 Å². The third-order valence-corrected chi connectivity index (χ3v) is 2.29. The molecule has 0 saturated carbocycles. The van der Waals surface area contributed by atoms with Gasteiger partial charge in [0.2, 0.25) is 0 Å². The molecule has 0 aromatic carbocycles. The molecule has 8 nitrogen and oxygen atoms in total. The third-order valence-electron chi connectivity index (χ3n) is 2.29. The van der Waals surface area contributed by atoms with Crippen molar-refractivity contribution in [2.24, 2.45) is 0 Å². The molecule has 0 saturated heterocycles. The lowest BCUT2D eigenvalue weighted by molar-refractivity contribution is -0.00909. The van der Waals surface area contributed by atoms with Gasteiger partial charge >= 0.3 is 12.2 Å². The van der Waals surface area contributed by atoms with E-state index < -0.39 is 23.4 Å². The van der Waals surface area contributed by atoms with Crippen molar-refractivity contribution in [1.82, 2.24) is 4.90 Å². The Kier molecular flexibility index (Phi) is 9.88. The van der Waals surface area contributed by atoms with Gasteiger partial charge in [0.05, 0.1) is 39.6 Å². The molecule has 0 fully saturated rings. The van der Waals surface area contributed by atoms with Crippen LogP contribution in [0.5, 0.6) is 0 Å². The molecule has 0 atom stereocenters. The van der Waals surface area contributed by atoms with Gasteiger partial charge in [-0.15, -0.1) is 0 Å². The van der Waals surface area contributed by atoms with Crippen molar-refractivity contribution >= 4 is 12.2 Å². The van der Waals surface area contributed by atoms with Crippen LogP contribution in [0.1, 0.15) is 41.5 Å². The molecule has 0 heterocycles. The maximum absolute atomic E-state index is 12.2. The fourth-order valence-corrected chi connectivity index (χ4v) is 1.43. The molecule has 142 valence electrons. The number of hydrogen-bond acceptors (Lipinski definition) is 7. The zero-order valence-electron chi connectivity index (χ0n) is 15.6. The van der Waals surface area contributed by atoms with Crippen molar-refractivity contribution in [3.63, 3.8) is 0 Å². The van der Waals surface area contributed by atoms with Crippen LogP contribution in [0, 0.1) is 0 Å². The molecule has 0 aliphatic carbocycles. The van der Waals surface area contributed by atoms with Crippen LogP contribution in [0.3, 0.4) is 0 Å². The van der Waals surface area contributed by atoms with Gasteiger partial charge in [-0.3, -0.25) is 0 Å². The van der Waals surface area contributed by atoms with Gasteiger partial charge < -0.3 is 24.1 Å². The molecule has 0 aromatic heterocycles. The summed E-state index contributed by atoms with van der Waals surface area (Å²) in [5, 5.41) is 8.57. The van der Waals surface area contributed by atoms with E-state index in [0.717, 1.165) is 4.90 Å². The van der Waals surface area contributed by atoms with Gasteiger partial charge in [0.15, 0.2) is 0 Å². The summed E-state index contributed by atoms with van der Waals surface area (Å²) in [5.41, 5.74) is -1.45. The van der Waals surface area contributed by atoms with E-state index in [2.05, 4.69) is 0 Å². The molecule has 0 bridgehead atoms. The summed E-state index contributed by atoms with van der Waals surface area (Å²) >= 11 is 0. The van der Waals surface area contributed by atoms with Crippen molar-refractivity contribution in [2.45, 2.75) is 52.7 Å². The summed E-state index contributed by atoms with van der Waals surface area (Å²) in [7, 11) is 0. The zero-order chi connectivity index (χ0) is 18.8. The van der Waals surface area contributed by atoms with Crippen LogP contribution in [0.4, 0.5) is 9.59 Å². The SMILES string of the molecule is CC(C)(C)OC(=O)N(CCOCCOCCO)C(=O)OC(C)(C)C. The summed E-state index contributed by atoms with van der Waals surface area (Å²) in [6.45, 7) is 11.2. The number of rotatable bonds is 8. The Morgan fingerprint density at radius 2 is 1.21 bits per heavy atom. The highest BCUT2D eigenvalue weighted by Crippen LogP contribution is 2.14. The lowest BCUT2D eigenvalue weighted by Crippen LogP contribution is -2.45. The van der Waals surface area contributed by atoms with E-state index in [1.165, 1.54) is 0 Å². The van der Waals surface area contributed by atoms with Crippen molar-refractivity contribution in [2.75, 3.05) is 39.6 Å². The first-order valence-corrected chi connectivity index (χ1v) is 7.96. The standard InChI is InChI=1S/C16H31NO7/c1-15(2,3)23-13(19)17(14(20)24-16(4,5)6)7-9-21-11-12-22-10-8-18/h18H,7-12H2,1-6H3. The molecular weight excluding hydrogens is 318 g/mol. The molecule has 1 N–H and O–H groups in total. The predicted octanol–water partition coefficient (Wildman–Crippen LogP) is 2.18. The van der Waals surface area contributed by atoms with E-state index in [4.69, 9.17) is 24.1 Å². The monoisotopic (exact) mass is 349 g/mol. The maximum Gasteiger partial charge on any atom is 0.419 e. The Hall–Kier alpha value is -1.38. The average molecular weight is 349 g/mol. The maximum atomic E-state index is 12.2. The molecule has 0 aromatic rings. The first kappa shape index (κ1) is 22.6. The van der Waals surface area contributed by atoms with Crippen molar-refractivity contribution in [1.29, 1.82) is 0 Å². The van der Waals surface area contributed by atoms with E-state index >= 15 is 0 Å². The van der Waals surface area contributed by atoms with Crippen LogP contribution in [0.25, 0.3) is 0 Å². The smallest absolute Gasteiger partial charge is 0.419 e. The number of imide groups is 1. The zero-order valence-corrected chi connectivity index (χ0v) is 15.6. The number of carbonyl (C=O) groups excluding carboxylic acids is 2. The van der Waals surface area contributed by atoms with Crippen LogP contribution in [0.2, 0.25) is 0 Å². The number of nitrogens with zero attached hydrogens (tertiary/aromatic N) is 1. The van der Waals surface area contributed by atoms with Gasteiger partial charge in [-0.25, -0.2) is 14.5 Å². The van der Waals surface area contributed by atoms with Gasteiger partial charge in [0.1, 0.15) is 11.2 Å². The Balaban J connectivity index is 4.53. The molecule has 2 amide bonds. The predicted molar refractivity (Wildman–Crippen MR) is 87.9 cm³/mol. The van der Waals surface area contributed by atoms with Crippen LogP contribution < -0.4 is 0 Å². The van der Waals surface area contributed by atoms with Gasteiger partial charge in [-0.05, 0) is 41.5 Å². The summed E-state index contributed by atoms with van der Waals surface area (Å²) in [6, 6.07) is 0. The lowest BCUT2D eigenvalue weighted by atomic mass is 10.2. The van der Waals surface area contributed by atoms with Gasteiger partial charge in [-0.1, -0.05) is 0 Å². The summed E-state index contributed by atoms with van der Waals surface area (Å²) in [5.74, 6) is 0. The first-order valence-electron chi connectivity index (χ1n) is 7.96. The highest BCUT2D eigenvalue weighted by atomic mass is 16.6. The van der Waals surface area contributed by atoms with Crippen LogP contribution in [-0.2, 0) is 18.9 Å². The van der Waals surface area contributed by atoms with Crippen LogP contribution >= 0.6 is 0 Å². The fourth-order valence-electron chi connectivity index (χ4n) is 1.43. The second-order valence-corrected chi connectivity index (χ2v) is 7.06. The number of carbonyl (C=O) groups is 2. The van der Waals surface area contributed by atoms with E-state index in [-0.39, 0.29) is 33.0 Å². The Labute approximate surface area is 144 Å². The normalized spacial score (nSPS) is 12.0. The number of aliphatic hydroxyl groups is 1. The molecule has 0 aliphatic heterocycles. The lowest BCUT2D eigenvalue weighted by Gasteiger charge is -2.28. The second kappa shape index (κ2) is 10.5. The van der Waals surface area contributed by atoms with E-state index in [0.29, 0.717) is 6.61 Å². The minimum atomic E-state index is -0.781. The third kappa shape index (κ3) is 12.1. The number of hydrogen-bond donors (Lipinski definition) is 1. The Morgan fingerprint density at radius 3 is 1.58 bits per heavy atom. The van der Waals surface area contributed by atoms with E-state index in [1.807, 2.05) is 0 Å². The molecular formula is C16H31NO7. The minimum Gasteiger partial charge on any atom is -0.443 e. The van der Waals surface area contributed by atoms with E-state index in [1.54, 1.807) is 41.5 Å². The van der Waals surface area contributed by atoms with Gasteiger partial charge in [-0.2, -0.15) is 0 Å². The Bertz CT molecular complexity index is 357. The molecule has 0 unspecified atom stereocenters. The summed E-state index contributed by atoms with van der Waals surface area (Å²) < 4.78 is 20.8. The van der Waals surface area contributed by atoms with Gasteiger partial charge in [0.25, 0.3) is 0 Å². The van der Waals surface area contributed by atoms with Crippen LogP contribution in [-0.4, -0.2) is 73.0 Å². The van der Waals surface area contributed by atoms with Crippen molar-refractivity contribution < 1.29 is 33.6 Å². The largest absolute Gasteiger partial charge is 0.443 e. The number of aliphatic hydroxyl groups excluding tert-OH is 1. The minimum absolute atomic E-state index is 0.00380. The molecule has 0 aliphatic rings. The molecule has 24 heavy (non-hydrogen) atoms. The molecule has 0 radical (unpaired) electrons. The highest BCUT2D eigenvalue weighted by Gasteiger charge is 2.30. The summed E-state index contributed by atoms with van der Waals surface area (Å²) in [4.78, 5) is 25.3.